The fourth-order valence-electron chi connectivity index (χ4n) is 4.30. The summed E-state index contributed by atoms with van der Waals surface area (Å²) in [5, 5.41) is 1.08. The van der Waals surface area contributed by atoms with Crippen molar-refractivity contribution in [1.82, 2.24) is 9.47 Å². The van der Waals surface area contributed by atoms with E-state index >= 15 is 0 Å². The van der Waals surface area contributed by atoms with Gasteiger partial charge in [-0.1, -0.05) is 72.1 Å². The molecule has 2 aromatic carbocycles. The van der Waals surface area contributed by atoms with Gasteiger partial charge in [0.2, 0.25) is 0 Å². The Morgan fingerprint density at radius 3 is 2.28 bits per heavy atom. The van der Waals surface area contributed by atoms with Gasteiger partial charge in [0.1, 0.15) is 13.9 Å². The molecule has 3 aromatic rings. The van der Waals surface area contributed by atoms with Gasteiger partial charge >= 0.3 is 0 Å². The number of benzene rings is 2. The number of rotatable bonds is 5. The first kappa shape index (κ1) is 25.1. The minimum atomic E-state index is -0.117. The molecule has 0 N–H and O–H groups in total. The number of hydrogen-bond acceptors (Lipinski definition) is 7. The van der Waals surface area contributed by atoms with E-state index in [0.717, 1.165) is 11.6 Å². The third-order valence-electron chi connectivity index (χ3n) is 6.11. The second-order valence-electron chi connectivity index (χ2n) is 8.13. The van der Waals surface area contributed by atoms with Crippen LogP contribution in [0.25, 0.3) is 22.1 Å². The number of carbonyl (C=O) groups is 1. The molecule has 9 heteroatoms. The molecule has 0 aliphatic carbocycles. The number of nitrogens with zero attached hydrogens (tertiary/aromatic N) is 3. The fourth-order valence-corrected chi connectivity index (χ4v) is 8.05. The van der Waals surface area contributed by atoms with E-state index in [1.807, 2.05) is 32.1 Å². The summed E-state index contributed by atoms with van der Waals surface area (Å²) in [5.74, 6) is -0.117. The van der Waals surface area contributed by atoms with Crippen molar-refractivity contribution in [2.24, 2.45) is 0 Å². The molecule has 0 unspecified atom stereocenters. The predicted octanol–water partition coefficient (Wildman–Crippen LogP) is 4.84. The highest BCUT2D eigenvalue weighted by Crippen LogP contribution is 2.47. The topological polar surface area (TPSA) is 45.6 Å². The summed E-state index contributed by atoms with van der Waals surface area (Å²) in [7, 11) is 0. The fraction of sp³-hybridized carbons (Fsp3) is 0.222. The van der Waals surface area contributed by atoms with Crippen LogP contribution in [0.2, 0.25) is 0 Å². The zero-order valence-corrected chi connectivity index (χ0v) is 23.5. The third kappa shape index (κ3) is 4.38. The molecule has 0 saturated carbocycles. The molecule has 2 aliphatic rings. The number of hydrogen-bond donors (Lipinski definition) is 0. The van der Waals surface area contributed by atoms with E-state index in [4.69, 9.17) is 12.2 Å². The van der Waals surface area contributed by atoms with E-state index in [-0.39, 0.29) is 11.5 Å². The first-order chi connectivity index (χ1) is 17.5. The van der Waals surface area contributed by atoms with Gasteiger partial charge in [0.25, 0.3) is 11.5 Å². The normalized spacial score (nSPS) is 18.6. The van der Waals surface area contributed by atoms with Gasteiger partial charge in [0.15, 0.2) is 0 Å². The van der Waals surface area contributed by atoms with E-state index < -0.39 is 0 Å². The number of fused-ring (bicyclic) bond motifs is 1. The Balaban J connectivity index is 1.55. The van der Waals surface area contributed by atoms with Crippen LogP contribution in [0.1, 0.15) is 20.8 Å². The monoisotopic (exact) mass is 551 g/mol. The Morgan fingerprint density at radius 2 is 1.61 bits per heavy atom. The van der Waals surface area contributed by atoms with E-state index in [2.05, 4.69) is 54.3 Å². The number of allylic oxidation sites excluding steroid dienone is 1. The number of aromatic nitrogens is 1. The van der Waals surface area contributed by atoms with Gasteiger partial charge in [-0.2, -0.15) is 0 Å². The van der Waals surface area contributed by atoms with Crippen molar-refractivity contribution in [2.75, 3.05) is 18.0 Å². The van der Waals surface area contributed by atoms with Crippen LogP contribution in [-0.4, -0.2) is 32.8 Å². The highest BCUT2D eigenvalue weighted by molar-refractivity contribution is 8.30. The smallest absolute Gasteiger partial charge is 0.269 e. The maximum Gasteiger partial charge on any atom is 0.269 e. The molecular formula is C27H25N3O2S4. The molecular weight excluding hydrogens is 527 g/mol. The zero-order valence-electron chi connectivity index (χ0n) is 20.2. The minimum absolute atomic E-state index is 0.0777. The van der Waals surface area contributed by atoms with Crippen molar-refractivity contribution in [1.29, 1.82) is 0 Å². The minimum Gasteiger partial charge on any atom is -0.335 e. The van der Waals surface area contributed by atoms with Gasteiger partial charge in [-0.05, 0) is 56.2 Å². The van der Waals surface area contributed by atoms with Crippen molar-refractivity contribution in [3.63, 3.8) is 0 Å². The summed E-state index contributed by atoms with van der Waals surface area (Å²) in [4.78, 5) is 31.7. The molecule has 0 spiro atoms. The number of thioether (sulfide) groups is 2. The van der Waals surface area contributed by atoms with Crippen molar-refractivity contribution >= 4 is 74.0 Å². The Labute approximate surface area is 227 Å². The molecule has 36 heavy (non-hydrogen) atoms. The summed E-state index contributed by atoms with van der Waals surface area (Å²) in [6, 6.07) is 16.9. The number of thiazole rings is 1. The Kier molecular flexibility index (Phi) is 7.25. The lowest BCUT2D eigenvalue weighted by molar-refractivity contribution is -0.120. The van der Waals surface area contributed by atoms with Crippen LogP contribution in [0.5, 0.6) is 0 Å². The lowest BCUT2D eigenvalue weighted by Gasteiger charge is -2.18. The molecule has 1 fully saturated rings. The number of anilines is 1. The molecule has 1 aromatic heterocycles. The van der Waals surface area contributed by atoms with Crippen LogP contribution >= 0.6 is 47.1 Å². The largest absolute Gasteiger partial charge is 0.335 e. The Bertz CT molecular complexity index is 1570. The van der Waals surface area contributed by atoms with Crippen LogP contribution < -0.4 is 19.7 Å². The summed E-state index contributed by atoms with van der Waals surface area (Å²) < 4.78 is 3.51. The van der Waals surface area contributed by atoms with Crippen LogP contribution in [0.3, 0.4) is 0 Å². The quantitative estimate of drug-likeness (QED) is 0.423. The Hall–Kier alpha value is -2.59. The van der Waals surface area contributed by atoms with E-state index in [0.29, 0.717) is 31.5 Å². The zero-order chi connectivity index (χ0) is 25.4. The first-order valence-electron chi connectivity index (χ1n) is 11.8. The molecule has 1 saturated heterocycles. The molecule has 0 bridgehead atoms. The van der Waals surface area contributed by atoms with Crippen molar-refractivity contribution in [3.05, 3.63) is 79.2 Å². The van der Waals surface area contributed by atoms with Crippen molar-refractivity contribution in [2.45, 2.75) is 32.2 Å². The SMILES string of the molecule is CCN1C(=O)C(=c2sc(=C/C=C3/Sc4ccc(-c5ccccc5)cc4N3CC)c(=O)n2CC)SC1=S. The molecule has 5 nitrogen and oxygen atoms in total. The maximum absolute atomic E-state index is 13.2. The van der Waals surface area contributed by atoms with Gasteiger partial charge in [0.05, 0.1) is 15.2 Å². The van der Waals surface area contributed by atoms with Gasteiger partial charge < -0.3 is 4.90 Å². The second kappa shape index (κ2) is 10.4. The maximum atomic E-state index is 13.2. The van der Waals surface area contributed by atoms with E-state index in [1.165, 1.54) is 44.8 Å². The average molecular weight is 552 g/mol. The van der Waals surface area contributed by atoms with Crippen LogP contribution in [0, 0.1) is 0 Å². The standard InChI is InChI=1S/C27H25N3O2S4/c1-4-28-19-16-18(17-10-8-7-9-11-17)12-13-20(19)34-22(28)15-14-21-24(31)29(5-2)26(35-21)23-25(32)30(6-3)27(33)36-23/h7-16H,4-6H2,1-3H3/b21-14?,22-15+,26-23?. The molecule has 2 aliphatic heterocycles. The second-order valence-corrected chi connectivity index (χ2v) is 11.9. The van der Waals surface area contributed by atoms with Gasteiger partial charge in [0, 0.05) is 24.5 Å². The third-order valence-corrected chi connectivity index (χ3v) is 9.96. The number of carbonyl (C=O) groups excluding carboxylic acids is 1. The molecule has 1 amide bonds. The summed E-state index contributed by atoms with van der Waals surface area (Å²) in [6.07, 6.45) is 3.91. The molecule has 0 radical (unpaired) electrons. The molecule has 3 heterocycles. The molecule has 0 atom stereocenters. The number of thiocarbonyl (C=S) groups is 1. The summed E-state index contributed by atoms with van der Waals surface area (Å²) in [6.45, 7) is 7.80. The summed E-state index contributed by atoms with van der Waals surface area (Å²) in [5.41, 5.74) is 3.47. The number of amides is 1. The summed E-state index contributed by atoms with van der Waals surface area (Å²) >= 11 is 9.73. The van der Waals surface area contributed by atoms with Gasteiger partial charge in [-0.3, -0.25) is 19.1 Å². The van der Waals surface area contributed by atoms with Gasteiger partial charge in [-0.15, -0.1) is 11.3 Å². The van der Waals surface area contributed by atoms with Crippen LogP contribution in [0.15, 0.2) is 69.3 Å². The molecule has 5 rings (SSSR count). The Morgan fingerprint density at radius 1 is 0.861 bits per heavy atom. The van der Waals surface area contributed by atoms with Crippen molar-refractivity contribution in [3.8, 4) is 11.1 Å². The molecule has 184 valence electrons. The first-order valence-corrected chi connectivity index (χ1v) is 14.7. The predicted molar refractivity (Wildman–Crippen MR) is 158 cm³/mol. The average Bonchev–Trinajstić information content (AvgIpc) is 3.51. The lowest BCUT2D eigenvalue weighted by Crippen LogP contribution is -2.33. The van der Waals surface area contributed by atoms with Crippen molar-refractivity contribution < 1.29 is 4.79 Å². The van der Waals surface area contributed by atoms with Crippen LogP contribution in [0.4, 0.5) is 5.69 Å². The lowest BCUT2D eigenvalue weighted by atomic mass is 10.0. The highest BCUT2D eigenvalue weighted by atomic mass is 32.2. The van der Waals surface area contributed by atoms with E-state index in [1.54, 1.807) is 21.2 Å². The van der Waals surface area contributed by atoms with Gasteiger partial charge in [-0.25, -0.2) is 0 Å². The van der Waals surface area contributed by atoms with Crippen LogP contribution in [-0.2, 0) is 11.3 Å². The van der Waals surface area contributed by atoms with E-state index in [9.17, 15) is 9.59 Å². The highest BCUT2D eigenvalue weighted by Gasteiger charge is 2.33.